The Labute approximate surface area is 177 Å². The maximum Gasteiger partial charge on any atom is 0.146 e. The van der Waals surface area contributed by atoms with E-state index in [1.165, 1.54) is 48.8 Å². The topological polar surface area (TPSA) is 31.2 Å². The van der Waals surface area contributed by atoms with Crippen molar-refractivity contribution in [3.63, 3.8) is 0 Å². The number of hydrazone groups is 1. The highest BCUT2D eigenvalue weighted by molar-refractivity contribution is 6.04. The van der Waals surface area contributed by atoms with Crippen LogP contribution in [0.3, 0.4) is 0 Å². The summed E-state index contributed by atoms with van der Waals surface area (Å²) in [6.07, 6.45) is 9.91. The number of rotatable bonds is 6. The minimum absolute atomic E-state index is 0.180. The second kappa shape index (κ2) is 9.71. The minimum Gasteiger partial charge on any atom is -0.287 e. The summed E-state index contributed by atoms with van der Waals surface area (Å²) in [7, 11) is 1.91. The van der Waals surface area contributed by atoms with E-state index in [1.807, 2.05) is 12.1 Å². The molecule has 3 atom stereocenters. The summed E-state index contributed by atoms with van der Waals surface area (Å²) in [5.41, 5.74) is 5.04. The summed E-state index contributed by atoms with van der Waals surface area (Å²) in [4.78, 5) is 7.48. The van der Waals surface area contributed by atoms with Crippen molar-refractivity contribution in [1.82, 2.24) is 4.90 Å². The lowest BCUT2D eigenvalue weighted by atomic mass is 9.84. The van der Waals surface area contributed by atoms with Gasteiger partial charge in [-0.3, -0.25) is 9.89 Å². The van der Waals surface area contributed by atoms with Crippen LogP contribution in [0.1, 0.15) is 63.5 Å². The average molecular weight is 395 g/mol. The van der Waals surface area contributed by atoms with Crippen molar-refractivity contribution in [2.45, 2.75) is 78.3 Å². The van der Waals surface area contributed by atoms with Crippen molar-refractivity contribution in [1.29, 1.82) is 0 Å². The van der Waals surface area contributed by atoms with E-state index < -0.39 is 0 Å². The van der Waals surface area contributed by atoms with Gasteiger partial charge < -0.3 is 0 Å². The summed E-state index contributed by atoms with van der Waals surface area (Å²) in [5, 5.41) is 6.50. The minimum atomic E-state index is 0.180. The van der Waals surface area contributed by atoms with Gasteiger partial charge in [-0.25, -0.2) is 5.01 Å². The van der Waals surface area contributed by atoms with Crippen molar-refractivity contribution < 1.29 is 0 Å². The normalized spacial score (nSPS) is 24.3. The SMILES string of the molecule is C=NN(/C(=N\C)C(C1=CCC(CC)CC1)N1CCCC1C)c1c(C)cccc1C. The van der Waals surface area contributed by atoms with Gasteiger partial charge in [-0.05, 0) is 82.0 Å². The van der Waals surface area contributed by atoms with Crippen LogP contribution in [0.2, 0.25) is 0 Å². The fourth-order valence-electron chi connectivity index (χ4n) is 5.12. The van der Waals surface area contributed by atoms with Gasteiger partial charge in [0.25, 0.3) is 0 Å². The van der Waals surface area contributed by atoms with E-state index in [1.54, 1.807) is 0 Å². The number of benzene rings is 1. The van der Waals surface area contributed by atoms with Crippen molar-refractivity contribution in [3.05, 3.63) is 41.0 Å². The molecule has 0 amide bonds. The highest BCUT2D eigenvalue weighted by Crippen LogP contribution is 2.35. The van der Waals surface area contributed by atoms with Gasteiger partial charge >= 0.3 is 0 Å². The molecule has 4 heteroatoms. The molecule has 4 nitrogen and oxygen atoms in total. The molecule has 1 aliphatic heterocycles. The van der Waals surface area contributed by atoms with Gasteiger partial charge in [0.1, 0.15) is 5.84 Å². The van der Waals surface area contributed by atoms with Crippen LogP contribution in [0.4, 0.5) is 5.69 Å². The van der Waals surface area contributed by atoms with Crippen molar-refractivity contribution >= 4 is 18.2 Å². The maximum atomic E-state index is 4.84. The summed E-state index contributed by atoms with van der Waals surface area (Å²) in [6.45, 7) is 14.0. The smallest absolute Gasteiger partial charge is 0.146 e. The first-order valence-corrected chi connectivity index (χ1v) is 11.3. The molecule has 0 N–H and O–H groups in total. The van der Waals surface area contributed by atoms with Crippen molar-refractivity contribution in [3.8, 4) is 0 Å². The summed E-state index contributed by atoms with van der Waals surface area (Å²) in [5.74, 6) is 1.83. The van der Waals surface area contributed by atoms with Crippen LogP contribution in [-0.4, -0.2) is 43.1 Å². The predicted octanol–water partition coefficient (Wildman–Crippen LogP) is 5.74. The number of allylic oxidation sites excluding steroid dienone is 1. The van der Waals surface area contributed by atoms with Gasteiger partial charge in [0.2, 0.25) is 0 Å². The number of hydrogen-bond donors (Lipinski definition) is 0. The van der Waals surface area contributed by atoms with E-state index in [0.717, 1.165) is 30.4 Å². The predicted molar refractivity (Wildman–Crippen MR) is 126 cm³/mol. The molecule has 0 spiro atoms. The van der Waals surface area contributed by atoms with E-state index in [9.17, 15) is 0 Å². The zero-order chi connectivity index (χ0) is 21.0. The molecule has 1 fully saturated rings. The van der Waals surface area contributed by atoms with E-state index in [4.69, 9.17) is 4.99 Å². The van der Waals surface area contributed by atoms with Crippen molar-refractivity contribution in [2.75, 3.05) is 18.6 Å². The monoisotopic (exact) mass is 394 g/mol. The molecular formula is C25H38N4. The van der Waals surface area contributed by atoms with Crippen LogP contribution < -0.4 is 5.01 Å². The molecule has 29 heavy (non-hydrogen) atoms. The molecule has 1 aromatic carbocycles. The molecule has 1 heterocycles. The van der Waals surface area contributed by atoms with Gasteiger partial charge in [-0.15, -0.1) is 0 Å². The Hall–Kier alpha value is -1.94. The lowest BCUT2D eigenvalue weighted by Gasteiger charge is -2.39. The summed E-state index contributed by atoms with van der Waals surface area (Å²) < 4.78 is 0. The third-order valence-electron chi connectivity index (χ3n) is 6.90. The number of para-hydroxylation sites is 1. The van der Waals surface area contributed by atoms with E-state index in [0.29, 0.717) is 6.04 Å². The van der Waals surface area contributed by atoms with Gasteiger partial charge in [0, 0.05) is 19.8 Å². The maximum absolute atomic E-state index is 4.84. The second-order valence-electron chi connectivity index (χ2n) is 8.73. The Morgan fingerprint density at radius 2 is 2.00 bits per heavy atom. The van der Waals surface area contributed by atoms with E-state index >= 15 is 0 Å². The van der Waals surface area contributed by atoms with Gasteiger partial charge in [0.15, 0.2) is 0 Å². The van der Waals surface area contributed by atoms with Crippen LogP contribution in [0.25, 0.3) is 0 Å². The largest absolute Gasteiger partial charge is 0.287 e. The fraction of sp³-hybridized carbons (Fsp3) is 0.600. The first-order chi connectivity index (χ1) is 14.0. The standard InChI is InChI=1S/C25H38N4/c1-7-21-13-15-22(16-14-21)24(28-17-9-12-20(28)4)25(26-5)29(27-6)23-18(2)10-8-11-19(23)3/h8,10-11,15,20-21,24H,6-7,9,12-14,16-17H2,1-5H3/b26-25-. The molecule has 1 aromatic rings. The Morgan fingerprint density at radius 1 is 1.28 bits per heavy atom. The Bertz CT molecular complexity index is 759. The van der Waals surface area contributed by atoms with Gasteiger partial charge in [0.05, 0.1) is 11.7 Å². The molecule has 3 rings (SSSR count). The van der Waals surface area contributed by atoms with Crippen LogP contribution >= 0.6 is 0 Å². The molecule has 1 saturated heterocycles. The second-order valence-corrected chi connectivity index (χ2v) is 8.73. The number of amidine groups is 1. The molecular weight excluding hydrogens is 356 g/mol. The Balaban J connectivity index is 2.05. The lowest BCUT2D eigenvalue weighted by molar-refractivity contribution is 0.248. The lowest BCUT2D eigenvalue weighted by Crippen LogP contribution is -2.50. The van der Waals surface area contributed by atoms with Crippen molar-refractivity contribution in [2.24, 2.45) is 16.0 Å². The first-order valence-electron chi connectivity index (χ1n) is 11.3. The average Bonchev–Trinajstić information content (AvgIpc) is 3.15. The van der Waals surface area contributed by atoms with E-state index in [2.05, 4.69) is 68.7 Å². The molecule has 1 aliphatic carbocycles. The first kappa shape index (κ1) is 21.8. The van der Waals surface area contributed by atoms with Gasteiger partial charge in [-0.2, -0.15) is 5.10 Å². The Morgan fingerprint density at radius 3 is 2.48 bits per heavy atom. The molecule has 3 unspecified atom stereocenters. The zero-order valence-corrected chi connectivity index (χ0v) is 19.0. The van der Waals surface area contributed by atoms with Crippen LogP contribution in [0.5, 0.6) is 0 Å². The number of anilines is 1. The molecule has 0 radical (unpaired) electrons. The van der Waals surface area contributed by atoms with Gasteiger partial charge in [-0.1, -0.05) is 37.6 Å². The number of aliphatic imine (C=N–C) groups is 1. The quantitative estimate of drug-likeness (QED) is 0.266. The molecule has 2 aliphatic rings. The highest BCUT2D eigenvalue weighted by Gasteiger charge is 2.37. The third-order valence-corrected chi connectivity index (χ3v) is 6.90. The van der Waals surface area contributed by atoms with E-state index in [-0.39, 0.29) is 6.04 Å². The zero-order valence-electron chi connectivity index (χ0n) is 19.0. The molecule has 158 valence electrons. The van der Waals surface area contributed by atoms with Crippen LogP contribution in [-0.2, 0) is 0 Å². The molecule has 0 aromatic heterocycles. The number of hydrogen-bond acceptors (Lipinski definition) is 3. The molecule has 0 bridgehead atoms. The fourth-order valence-corrected chi connectivity index (χ4v) is 5.12. The van der Waals surface area contributed by atoms with Crippen LogP contribution in [0.15, 0.2) is 39.9 Å². The molecule has 0 saturated carbocycles. The summed E-state index contributed by atoms with van der Waals surface area (Å²) in [6, 6.07) is 7.14. The number of aryl methyl sites for hydroxylation is 2. The number of nitrogens with zero attached hydrogens (tertiary/aromatic N) is 4. The summed E-state index contributed by atoms with van der Waals surface area (Å²) >= 11 is 0. The number of likely N-dealkylation sites (tertiary alicyclic amines) is 1. The highest BCUT2D eigenvalue weighted by atomic mass is 15.5. The third kappa shape index (κ3) is 4.48. The van der Waals surface area contributed by atoms with Crippen LogP contribution in [0, 0.1) is 19.8 Å². The Kier molecular flexibility index (Phi) is 7.28.